The predicted octanol–water partition coefficient (Wildman–Crippen LogP) is 3.91. The minimum atomic E-state index is 0.774. The topological polar surface area (TPSA) is 23.8 Å². The first-order valence-corrected chi connectivity index (χ1v) is 5.25. The Labute approximate surface area is 88.5 Å². The molecule has 0 unspecified atom stereocenters. The van der Waals surface area contributed by atoms with Gasteiger partial charge in [0.1, 0.15) is 0 Å². The summed E-state index contributed by atoms with van der Waals surface area (Å²) in [7, 11) is 0. The summed E-state index contributed by atoms with van der Waals surface area (Å²) in [4.78, 5) is 0. The molecule has 0 aliphatic heterocycles. The molecule has 0 radical (unpaired) electrons. The first-order chi connectivity index (χ1) is 6.27. The minimum absolute atomic E-state index is 0.774. The molecule has 0 atom stereocenters. The second-order valence-electron chi connectivity index (χ2n) is 2.27. The van der Waals surface area contributed by atoms with E-state index in [2.05, 4.69) is 22.0 Å². The van der Waals surface area contributed by atoms with Crippen LogP contribution in [0.15, 0.2) is 22.7 Å². The van der Waals surface area contributed by atoms with Gasteiger partial charge in [0.2, 0.25) is 0 Å². The maximum Gasteiger partial charge on any atom is 0.0994 e. The molecule has 13 heavy (non-hydrogen) atoms. The fourth-order valence-corrected chi connectivity index (χ4v) is 1.37. The zero-order valence-corrected chi connectivity index (χ0v) is 9.85. The molecular weight excluding hydrogens is 226 g/mol. The predicted molar refractivity (Wildman–Crippen MR) is 59.6 cm³/mol. The zero-order chi connectivity index (χ0) is 10.3. The molecule has 0 spiro atoms. The standard InChI is InChI=1S/C9H8BrN.C2H6/c1-2-7-5-9(10)4-3-8(7)6-11;1-2/h3-5H,2H2,1H3;1-2H3. The lowest BCUT2D eigenvalue weighted by Gasteiger charge is -1.99. The molecule has 0 amide bonds. The van der Waals surface area contributed by atoms with Crippen LogP contribution in [0, 0.1) is 11.3 Å². The van der Waals surface area contributed by atoms with Gasteiger partial charge < -0.3 is 0 Å². The minimum Gasteiger partial charge on any atom is -0.192 e. The zero-order valence-electron chi connectivity index (χ0n) is 8.26. The highest BCUT2D eigenvalue weighted by atomic mass is 79.9. The summed E-state index contributed by atoms with van der Waals surface area (Å²) in [6, 6.07) is 7.86. The Kier molecular flexibility index (Phi) is 6.26. The normalized spacial score (nSPS) is 8.23. The summed E-state index contributed by atoms with van der Waals surface area (Å²) in [5.74, 6) is 0. The summed E-state index contributed by atoms with van der Waals surface area (Å²) in [6.45, 7) is 6.04. The van der Waals surface area contributed by atoms with Gasteiger partial charge in [0.15, 0.2) is 0 Å². The molecule has 0 N–H and O–H groups in total. The van der Waals surface area contributed by atoms with Crippen LogP contribution in [0.25, 0.3) is 0 Å². The van der Waals surface area contributed by atoms with Gasteiger partial charge in [-0.25, -0.2) is 0 Å². The number of hydrogen-bond acceptors (Lipinski definition) is 1. The largest absolute Gasteiger partial charge is 0.192 e. The van der Waals surface area contributed by atoms with Crippen molar-refractivity contribution in [3.05, 3.63) is 33.8 Å². The Morgan fingerprint density at radius 2 is 2.00 bits per heavy atom. The van der Waals surface area contributed by atoms with E-state index in [1.807, 2.05) is 39.0 Å². The molecule has 0 saturated carbocycles. The molecule has 0 aromatic heterocycles. The van der Waals surface area contributed by atoms with Crippen molar-refractivity contribution in [2.45, 2.75) is 27.2 Å². The molecule has 0 saturated heterocycles. The lowest BCUT2D eigenvalue weighted by molar-refractivity contribution is 1.12. The average molecular weight is 240 g/mol. The van der Waals surface area contributed by atoms with Crippen molar-refractivity contribution in [2.24, 2.45) is 0 Å². The van der Waals surface area contributed by atoms with Crippen LogP contribution in [0.2, 0.25) is 0 Å². The van der Waals surface area contributed by atoms with E-state index in [0.29, 0.717) is 0 Å². The number of nitrogens with zero attached hydrogens (tertiary/aromatic N) is 1. The van der Waals surface area contributed by atoms with Crippen molar-refractivity contribution in [3.63, 3.8) is 0 Å². The van der Waals surface area contributed by atoms with Crippen molar-refractivity contribution >= 4 is 15.9 Å². The van der Waals surface area contributed by atoms with Crippen molar-refractivity contribution in [1.29, 1.82) is 5.26 Å². The molecule has 1 nitrogen and oxygen atoms in total. The molecule has 1 rings (SSSR count). The fourth-order valence-electron chi connectivity index (χ4n) is 0.964. The summed E-state index contributed by atoms with van der Waals surface area (Å²) in [6.07, 6.45) is 0.905. The lowest BCUT2D eigenvalue weighted by atomic mass is 10.1. The molecule has 0 bridgehead atoms. The van der Waals surface area contributed by atoms with Gasteiger partial charge in [0.25, 0.3) is 0 Å². The van der Waals surface area contributed by atoms with Crippen molar-refractivity contribution < 1.29 is 0 Å². The summed E-state index contributed by atoms with van der Waals surface area (Å²) >= 11 is 3.36. The fraction of sp³-hybridized carbons (Fsp3) is 0.364. The monoisotopic (exact) mass is 239 g/mol. The summed E-state index contributed by atoms with van der Waals surface area (Å²) in [5, 5.41) is 8.68. The van der Waals surface area contributed by atoms with Crippen LogP contribution in [-0.4, -0.2) is 0 Å². The van der Waals surface area contributed by atoms with Crippen LogP contribution in [0.3, 0.4) is 0 Å². The smallest absolute Gasteiger partial charge is 0.0994 e. The Bertz CT molecular complexity index is 299. The van der Waals surface area contributed by atoms with E-state index in [9.17, 15) is 0 Å². The van der Waals surface area contributed by atoms with E-state index in [0.717, 1.165) is 22.0 Å². The summed E-state index contributed by atoms with van der Waals surface area (Å²) < 4.78 is 1.04. The number of benzene rings is 1. The molecule has 1 aromatic rings. The highest BCUT2D eigenvalue weighted by Gasteiger charge is 1.98. The second kappa shape index (κ2) is 6.68. The third-order valence-corrected chi connectivity index (χ3v) is 2.06. The Balaban J connectivity index is 0.000000671. The van der Waals surface area contributed by atoms with Crippen molar-refractivity contribution in [2.75, 3.05) is 0 Å². The Morgan fingerprint density at radius 1 is 1.38 bits per heavy atom. The molecule has 0 heterocycles. The Morgan fingerprint density at radius 3 is 2.46 bits per heavy atom. The third-order valence-electron chi connectivity index (χ3n) is 1.57. The molecule has 70 valence electrons. The van der Waals surface area contributed by atoms with E-state index in [-0.39, 0.29) is 0 Å². The Hall–Kier alpha value is -0.810. The third kappa shape index (κ3) is 3.61. The maximum atomic E-state index is 8.68. The molecular formula is C11H14BrN. The van der Waals surface area contributed by atoms with Crippen molar-refractivity contribution in [3.8, 4) is 6.07 Å². The first-order valence-electron chi connectivity index (χ1n) is 4.46. The van der Waals surface area contributed by atoms with Crippen LogP contribution < -0.4 is 0 Å². The molecule has 0 aliphatic carbocycles. The van der Waals surface area contributed by atoms with Gasteiger partial charge in [-0.15, -0.1) is 0 Å². The maximum absolute atomic E-state index is 8.68. The van der Waals surface area contributed by atoms with E-state index >= 15 is 0 Å². The molecule has 0 fully saturated rings. The van der Waals surface area contributed by atoms with Gasteiger partial charge >= 0.3 is 0 Å². The second-order valence-corrected chi connectivity index (χ2v) is 3.18. The SMILES string of the molecule is CC.CCc1cc(Br)ccc1C#N. The number of hydrogen-bond donors (Lipinski definition) is 0. The number of rotatable bonds is 1. The molecule has 0 aliphatic rings. The van der Waals surface area contributed by atoms with Gasteiger partial charge in [0, 0.05) is 4.47 Å². The molecule has 1 aromatic carbocycles. The number of nitriles is 1. The van der Waals surface area contributed by atoms with Crippen LogP contribution in [0.1, 0.15) is 31.9 Å². The van der Waals surface area contributed by atoms with Gasteiger partial charge in [-0.2, -0.15) is 5.26 Å². The van der Waals surface area contributed by atoms with Crippen LogP contribution in [0.5, 0.6) is 0 Å². The van der Waals surface area contributed by atoms with Crippen molar-refractivity contribution in [1.82, 2.24) is 0 Å². The van der Waals surface area contributed by atoms with E-state index in [1.54, 1.807) is 0 Å². The van der Waals surface area contributed by atoms with E-state index in [1.165, 1.54) is 0 Å². The van der Waals surface area contributed by atoms with Crippen LogP contribution in [0.4, 0.5) is 0 Å². The first kappa shape index (κ1) is 12.2. The highest BCUT2D eigenvalue weighted by molar-refractivity contribution is 9.10. The van der Waals surface area contributed by atoms with Gasteiger partial charge in [0.05, 0.1) is 11.6 Å². The molecule has 2 heteroatoms. The summed E-state index contributed by atoms with van der Waals surface area (Å²) in [5.41, 5.74) is 1.87. The van der Waals surface area contributed by atoms with Crippen LogP contribution >= 0.6 is 15.9 Å². The number of aryl methyl sites for hydroxylation is 1. The van der Waals surface area contributed by atoms with Crippen LogP contribution in [-0.2, 0) is 6.42 Å². The van der Waals surface area contributed by atoms with Gasteiger partial charge in [-0.1, -0.05) is 36.7 Å². The van der Waals surface area contributed by atoms with Gasteiger partial charge in [-0.05, 0) is 30.2 Å². The van der Waals surface area contributed by atoms with Gasteiger partial charge in [-0.3, -0.25) is 0 Å². The van der Waals surface area contributed by atoms with E-state index in [4.69, 9.17) is 5.26 Å². The lowest BCUT2D eigenvalue weighted by Crippen LogP contribution is -1.86. The highest BCUT2D eigenvalue weighted by Crippen LogP contribution is 2.16. The number of halogens is 1. The quantitative estimate of drug-likeness (QED) is 0.730. The van der Waals surface area contributed by atoms with E-state index < -0.39 is 0 Å². The average Bonchev–Trinajstić information content (AvgIpc) is 2.20.